The Morgan fingerprint density at radius 3 is 2.74 bits per heavy atom. The Morgan fingerprint density at radius 1 is 1.21 bits per heavy atom. The minimum Gasteiger partial charge on any atom is -0.397 e. The smallest absolute Gasteiger partial charge is 0.0672 e. The lowest BCUT2D eigenvalue weighted by Gasteiger charge is -2.10. The van der Waals surface area contributed by atoms with E-state index >= 15 is 0 Å². The number of nitrogens with two attached hydrogens (primary N) is 1. The number of aromatic amines is 1. The second-order valence-electron chi connectivity index (χ2n) is 4.25. The van der Waals surface area contributed by atoms with Crippen molar-refractivity contribution < 1.29 is 0 Å². The van der Waals surface area contributed by atoms with Crippen LogP contribution >= 0.6 is 11.8 Å². The van der Waals surface area contributed by atoms with Crippen LogP contribution in [0.25, 0.3) is 10.9 Å². The SMILES string of the molecule is CSc1ccc(Nc2cc3[nH]ncc3cc2N)cc1. The van der Waals surface area contributed by atoms with Gasteiger partial charge in [0.25, 0.3) is 0 Å². The van der Waals surface area contributed by atoms with Gasteiger partial charge < -0.3 is 11.1 Å². The van der Waals surface area contributed by atoms with Crippen molar-refractivity contribution in [3.05, 3.63) is 42.6 Å². The minimum atomic E-state index is 0.711. The highest BCUT2D eigenvalue weighted by molar-refractivity contribution is 7.98. The molecule has 19 heavy (non-hydrogen) atoms. The molecule has 0 saturated carbocycles. The van der Waals surface area contributed by atoms with Gasteiger partial charge in [0.05, 0.1) is 23.1 Å². The molecule has 0 aliphatic heterocycles. The zero-order valence-corrected chi connectivity index (χ0v) is 11.3. The number of H-pyrrole nitrogens is 1. The molecule has 0 atom stereocenters. The number of hydrogen-bond acceptors (Lipinski definition) is 4. The molecule has 1 aromatic heterocycles. The number of thioether (sulfide) groups is 1. The van der Waals surface area contributed by atoms with Crippen LogP contribution in [0.4, 0.5) is 17.1 Å². The summed E-state index contributed by atoms with van der Waals surface area (Å²) < 4.78 is 0. The van der Waals surface area contributed by atoms with Crippen LogP contribution in [-0.4, -0.2) is 16.5 Å². The first-order chi connectivity index (χ1) is 9.26. The quantitative estimate of drug-likeness (QED) is 0.502. The average molecular weight is 270 g/mol. The van der Waals surface area contributed by atoms with E-state index in [1.807, 2.05) is 24.3 Å². The summed E-state index contributed by atoms with van der Waals surface area (Å²) in [6.45, 7) is 0. The van der Waals surface area contributed by atoms with Crippen molar-refractivity contribution in [2.75, 3.05) is 17.3 Å². The van der Waals surface area contributed by atoms with Gasteiger partial charge in [-0.2, -0.15) is 5.10 Å². The van der Waals surface area contributed by atoms with Crippen molar-refractivity contribution in [1.82, 2.24) is 10.2 Å². The monoisotopic (exact) mass is 270 g/mol. The van der Waals surface area contributed by atoms with Crippen LogP contribution in [0.1, 0.15) is 0 Å². The molecule has 5 heteroatoms. The van der Waals surface area contributed by atoms with Gasteiger partial charge in [-0.15, -0.1) is 11.8 Å². The summed E-state index contributed by atoms with van der Waals surface area (Å²) in [6, 6.07) is 12.1. The van der Waals surface area contributed by atoms with E-state index in [0.717, 1.165) is 22.3 Å². The molecule has 3 rings (SSSR count). The van der Waals surface area contributed by atoms with E-state index in [4.69, 9.17) is 5.73 Å². The molecule has 0 amide bonds. The normalized spacial score (nSPS) is 10.8. The van der Waals surface area contributed by atoms with E-state index in [9.17, 15) is 0 Å². The Kier molecular flexibility index (Phi) is 3.05. The van der Waals surface area contributed by atoms with Crippen LogP contribution in [0.15, 0.2) is 47.5 Å². The molecule has 96 valence electrons. The average Bonchev–Trinajstić information content (AvgIpc) is 2.87. The number of anilines is 3. The van der Waals surface area contributed by atoms with E-state index in [1.165, 1.54) is 4.90 Å². The van der Waals surface area contributed by atoms with E-state index in [1.54, 1.807) is 18.0 Å². The molecule has 0 fully saturated rings. The molecule has 0 spiro atoms. The number of nitrogens with one attached hydrogen (secondary N) is 2. The van der Waals surface area contributed by atoms with Gasteiger partial charge in [0.15, 0.2) is 0 Å². The van der Waals surface area contributed by atoms with Crippen molar-refractivity contribution in [2.45, 2.75) is 4.90 Å². The van der Waals surface area contributed by atoms with Crippen LogP contribution in [0, 0.1) is 0 Å². The third-order valence-corrected chi connectivity index (χ3v) is 3.72. The van der Waals surface area contributed by atoms with Crippen LogP contribution in [0.3, 0.4) is 0 Å². The fourth-order valence-electron chi connectivity index (χ4n) is 1.95. The summed E-state index contributed by atoms with van der Waals surface area (Å²) in [5, 5.41) is 11.3. The molecule has 0 bridgehead atoms. The molecule has 4 N–H and O–H groups in total. The van der Waals surface area contributed by atoms with Gasteiger partial charge >= 0.3 is 0 Å². The molecular formula is C14H14N4S. The fraction of sp³-hybridized carbons (Fsp3) is 0.0714. The van der Waals surface area contributed by atoms with Gasteiger partial charge in [0.2, 0.25) is 0 Å². The van der Waals surface area contributed by atoms with Gasteiger partial charge in [-0.25, -0.2) is 0 Å². The summed E-state index contributed by atoms with van der Waals surface area (Å²) in [5.74, 6) is 0. The van der Waals surface area contributed by atoms with Crippen molar-refractivity contribution in [1.29, 1.82) is 0 Å². The Bertz CT molecular complexity index is 703. The molecule has 3 aromatic rings. The first-order valence-electron chi connectivity index (χ1n) is 5.90. The van der Waals surface area contributed by atoms with Crippen LogP contribution in [0.5, 0.6) is 0 Å². The molecule has 0 aliphatic rings. The van der Waals surface area contributed by atoms with Crippen LogP contribution in [0.2, 0.25) is 0 Å². The third-order valence-electron chi connectivity index (χ3n) is 2.98. The predicted octanol–water partition coefficient (Wildman–Crippen LogP) is 3.61. The lowest BCUT2D eigenvalue weighted by Crippen LogP contribution is -1.96. The number of fused-ring (bicyclic) bond motifs is 1. The number of nitrogens with zero attached hydrogens (tertiary/aromatic N) is 1. The summed E-state index contributed by atoms with van der Waals surface area (Å²) >= 11 is 1.72. The zero-order valence-electron chi connectivity index (χ0n) is 10.5. The summed E-state index contributed by atoms with van der Waals surface area (Å²) in [4.78, 5) is 1.24. The Morgan fingerprint density at radius 2 is 2.00 bits per heavy atom. The van der Waals surface area contributed by atoms with Gasteiger partial charge in [0.1, 0.15) is 0 Å². The Labute approximate surface area is 115 Å². The number of rotatable bonds is 3. The Hall–Kier alpha value is -2.14. The molecule has 4 nitrogen and oxygen atoms in total. The molecule has 0 radical (unpaired) electrons. The van der Waals surface area contributed by atoms with E-state index in [2.05, 4.69) is 33.9 Å². The molecule has 0 unspecified atom stereocenters. The topological polar surface area (TPSA) is 66.7 Å². The molecule has 2 aromatic carbocycles. The predicted molar refractivity (Wildman–Crippen MR) is 82.0 cm³/mol. The minimum absolute atomic E-state index is 0.711. The largest absolute Gasteiger partial charge is 0.397 e. The maximum absolute atomic E-state index is 6.04. The number of hydrogen-bond donors (Lipinski definition) is 3. The van der Waals surface area contributed by atoms with Gasteiger partial charge in [-0.1, -0.05) is 0 Å². The van der Waals surface area contributed by atoms with Gasteiger partial charge in [0, 0.05) is 16.0 Å². The highest BCUT2D eigenvalue weighted by atomic mass is 32.2. The van der Waals surface area contributed by atoms with Crippen molar-refractivity contribution >= 4 is 39.7 Å². The van der Waals surface area contributed by atoms with Crippen molar-refractivity contribution in [3.63, 3.8) is 0 Å². The van der Waals surface area contributed by atoms with Crippen molar-refractivity contribution in [2.24, 2.45) is 0 Å². The standard InChI is InChI=1S/C14H14N4S/c1-19-11-4-2-10(3-5-11)17-14-7-13-9(6-12(14)15)8-16-18-13/h2-8,17H,15H2,1H3,(H,16,18). The van der Waals surface area contributed by atoms with Crippen LogP contribution in [-0.2, 0) is 0 Å². The zero-order chi connectivity index (χ0) is 13.2. The summed E-state index contributed by atoms with van der Waals surface area (Å²) in [5.41, 5.74) is 9.62. The highest BCUT2D eigenvalue weighted by Gasteiger charge is 2.04. The Balaban J connectivity index is 1.92. The van der Waals surface area contributed by atoms with E-state index < -0.39 is 0 Å². The van der Waals surface area contributed by atoms with Gasteiger partial charge in [-0.05, 0) is 42.7 Å². The van der Waals surface area contributed by atoms with Crippen LogP contribution < -0.4 is 11.1 Å². The number of benzene rings is 2. The molecule has 0 saturated heterocycles. The lowest BCUT2D eigenvalue weighted by molar-refractivity contribution is 1.12. The lowest BCUT2D eigenvalue weighted by atomic mass is 10.2. The summed E-state index contributed by atoms with van der Waals surface area (Å²) in [7, 11) is 0. The molecular weight excluding hydrogens is 256 g/mol. The first kappa shape index (κ1) is 11.9. The second-order valence-corrected chi connectivity index (χ2v) is 5.13. The van der Waals surface area contributed by atoms with Crippen molar-refractivity contribution in [3.8, 4) is 0 Å². The summed E-state index contributed by atoms with van der Waals surface area (Å²) in [6.07, 6.45) is 3.83. The molecule has 1 heterocycles. The van der Waals surface area contributed by atoms with E-state index in [0.29, 0.717) is 5.69 Å². The van der Waals surface area contributed by atoms with Gasteiger partial charge in [-0.3, -0.25) is 5.10 Å². The maximum atomic E-state index is 6.04. The highest BCUT2D eigenvalue weighted by Crippen LogP contribution is 2.28. The van der Waals surface area contributed by atoms with E-state index in [-0.39, 0.29) is 0 Å². The number of nitrogen functional groups attached to an aromatic ring is 1. The maximum Gasteiger partial charge on any atom is 0.0672 e. The number of aromatic nitrogens is 2. The second kappa shape index (κ2) is 4.85. The molecule has 0 aliphatic carbocycles. The fourth-order valence-corrected chi connectivity index (χ4v) is 2.36. The third kappa shape index (κ3) is 2.37. The first-order valence-corrected chi connectivity index (χ1v) is 7.12.